The van der Waals surface area contributed by atoms with Gasteiger partial charge in [0.1, 0.15) is 0 Å². The molecule has 2 heteroatoms. The molecule has 72 valence electrons. The maximum atomic E-state index is 3.62. The molecule has 1 spiro atoms. The predicted molar refractivity (Wildman–Crippen MR) is 53.4 cm³/mol. The van der Waals surface area contributed by atoms with Crippen LogP contribution in [0.15, 0.2) is 0 Å². The molecule has 2 aliphatic heterocycles. The number of nitrogens with zero attached hydrogens (tertiary/aromatic N) is 1. The van der Waals surface area contributed by atoms with Gasteiger partial charge in [0.2, 0.25) is 0 Å². The topological polar surface area (TPSA) is 15.3 Å². The van der Waals surface area contributed by atoms with Crippen molar-refractivity contribution in [2.45, 2.75) is 38.6 Å². The maximum Gasteiger partial charge on any atom is 0.0437 e. The van der Waals surface area contributed by atoms with Crippen LogP contribution in [0.4, 0.5) is 0 Å². The molecule has 0 bridgehead atoms. The molecule has 0 unspecified atom stereocenters. The quantitative estimate of drug-likeness (QED) is 0.592. The van der Waals surface area contributed by atoms with E-state index in [0.717, 1.165) is 0 Å². The SMILES string of the molecule is CC.CN1CC2(CCCCN2)C1. The largest absolute Gasteiger partial charge is 0.309 e. The lowest BCUT2D eigenvalue weighted by atomic mass is 9.82. The standard InChI is InChI=1S/C8H16N2.C2H6/c1-10-6-8(7-10)4-2-3-5-9-8;1-2/h9H,2-7H2,1H3;1-2H3. The van der Waals surface area contributed by atoms with E-state index in [9.17, 15) is 0 Å². The van der Waals surface area contributed by atoms with Crippen LogP contribution in [0, 0.1) is 0 Å². The third-order valence-corrected chi connectivity index (χ3v) is 2.73. The third kappa shape index (κ3) is 1.99. The second kappa shape index (κ2) is 4.24. The van der Waals surface area contributed by atoms with Crippen LogP contribution in [0.2, 0.25) is 0 Å². The first kappa shape index (κ1) is 10.0. The van der Waals surface area contributed by atoms with Crippen molar-refractivity contribution < 1.29 is 0 Å². The number of hydrogen-bond donors (Lipinski definition) is 1. The molecule has 2 nitrogen and oxygen atoms in total. The van der Waals surface area contributed by atoms with E-state index in [0.29, 0.717) is 5.54 Å². The molecule has 1 N–H and O–H groups in total. The van der Waals surface area contributed by atoms with E-state index < -0.39 is 0 Å². The summed E-state index contributed by atoms with van der Waals surface area (Å²) in [6.45, 7) is 7.79. The fraction of sp³-hybridized carbons (Fsp3) is 1.00. The number of piperidine rings is 1. The molecule has 2 fully saturated rings. The van der Waals surface area contributed by atoms with Gasteiger partial charge in [-0.2, -0.15) is 0 Å². The number of likely N-dealkylation sites (N-methyl/N-ethyl adjacent to an activating group) is 1. The summed E-state index contributed by atoms with van der Waals surface area (Å²) in [6, 6.07) is 0. The summed E-state index contributed by atoms with van der Waals surface area (Å²) in [7, 11) is 2.20. The zero-order valence-corrected chi connectivity index (χ0v) is 8.69. The Balaban J connectivity index is 0.000000336. The van der Waals surface area contributed by atoms with Crippen LogP contribution in [0.1, 0.15) is 33.1 Å². The van der Waals surface area contributed by atoms with Crippen LogP contribution in [0.3, 0.4) is 0 Å². The Bertz CT molecular complexity index is 112. The van der Waals surface area contributed by atoms with Gasteiger partial charge in [0.05, 0.1) is 0 Å². The second-order valence-corrected chi connectivity index (χ2v) is 3.84. The summed E-state index contributed by atoms with van der Waals surface area (Å²) >= 11 is 0. The first-order valence-electron chi connectivity index (χ1n) is 5.24. The second-order valence-electron chi connectivity index (χ2n) is 3.84. The lowest BCUT2D eigenvalue weighted by molar-refractivity contribution is 0.0436. The van der Waals surface area contributed by atoms with Gasteiger partial charge in [0.25, 0.3) is 0 Å². The summed E-state index contributed by atoms with van der Waals surface area (Å²) in [4.78, 5) is 2.39. The van der Waals surface area contributed by atoms with Crippen molar-refractivity contribution in [3.05, 3.63) is 0 Å². The summed E-state index contributed by atoms with van der Waals surface area (Å²) in [5.74, 6) is 0. The monoisotopic (exact) mass is 170 g/mol. The third-order valence-electron chi connectivity index (χ3n) is 2.73. The lowest BCUT2D eigenvalue weighted by Crippen LogP contribution is -2.69. The Morgan fingerprint density at radius 1 is 1.17 bits per heavy atom. The van der Waals surface area contributed by atoms with E-state index in [4.69, 9.17) is 0 Å². The van der Waals surface area contributed by atoms with Crippen LogP contribution >= 0.6 is 0 Å². The van der Waals surface area contributed by atoms with Gasteiger partial charge < -0.3 is 10.2 Å². The van der Waals surface area contributed by atoms with E-state index in [2.05, 4.69) is 17.3 Å². The Kier molecular flexibility index (Phi) is 3.53. The highest BCUT2D eigenvalue weighted by Crippen LogP contribution is 2.27. The molecule has 12 heavy (non-hydrogen) atoms. The number of likely N-dealkylation sites (tertiary alicyclic amines) is 1. The van der Waals surface area contributed by atoms with Crippen molar-refractivity contribution in [2.75, 3.05) is 26.7 Å². The number of nitrogens with one attached hydrogen (secondary N) is 1. The average molecular weight is 170 g/mol. The summed E-state index contributed by atoms with van der Waals surface area (Å²) < 4.78 is 0. The molecule has 0 aromatic rings. The van der Waals surface area contributed by atoms with Crippen LogP contribution in [-0.4, -0.2) is 37.1 Å². The predicted octanol–water partition coefficient (Wildman–Crippen LogP) is 1.47. The van der Waals surface area contributed by atoms with Crippen molar-refractivity contribution in [3.63, 3.8) is 0 Å². The van der Waals surface area contributed by atoms with Crippen LogP contribution in [-0.2, 0) is 0 Å². The van der Waals surface area contributed by atoms with Gasteiger partial charge in [0.15, 0.2) is 0 Å². The van der Waals surface area contributed by atoms with E-state index >= 15 is 0 Å². The van der Waals surface area contributed by atoms with Gasteiger partial charge >= 0.3 is 0 Å². The van der Waals surface area contributed by atoms with Gasteiger partial charge in [-0.25, -0.2) is 0 Å². The highest BCUT2D eigenvalue weighted by Gasteiger charge is 2.41. The van der Waals surface area contributed by atoms with Gasteiger partial charge in [-0.1, -0.05) is 20.3 Å². The van der Waals surface area contributed by atoms with Gasteiger partial charge in [-0.3, -0.25) is 0 Å². The maximum absolute atomic E-state index is 3.62. The van der Waals surface area contributed by atoms with E-state index in [1.165, 1.54) is 38.9 Å². The molecule has 0 radical (unpaired) electrons. The molecule has 2 aliphatic rings. The van der Waals surface area contributed by atoms with Crippen molar-refractivity contribution in [1.82, 2.24) is 10.2 Å². The molecular formula is C10H22N2. The first-order chi connectivity index (χ1) is 5.81. The summed E-state index contributed by atoms with van der Waals surface area (Å²) in [5.41, 5.74) is 0.549. The highest BCUT2D eigenvalue weighted by atomic mass is 15.3. The van der Waals surface area contributed by atoms with E-state index in [1.807, 2.05) is 13.8 Å². The van der Waals surface area contributed by atoms with Gasteiger partial charge in [-0.05, 0) is 26.4 Å². The molecule has 0 atom stereocenters. The molecular weight excluding hydrogens is 148 g/mol. The minimum atomic E-state index is 0.549. The van der Waals surface area contributed by atoms with Crippen molar-refractivity contribution in [2.24, 2.45) is 0 Å². The van der Waals surface area contributed by atoms with Crippen LogP contribution < -0.4 is 5.32 Å². The zero-order chi connectivity index (χ0) is 9.03. The Hall–Kier alpha value is -0.0800. The van der Waals surface area contributed by atoms with Crippen molar-refractivity contribution >= 4 is 0 Å². The zero-order valence-electron chi connectivity index (χ0n) is 8.69. The lowest BCUT2D eigenvalue weighted by Gasteiger charge is -2.51. The van der Waals surface area contributed by atoms with Crippen LogP contribution in [0.5, 0.6) is 0 Å². The first-order valence-corrected chi connectivity index (χ1v) is 5.24. The van der Waals surface area contributed by atoms with E-state index in [1.54, 1.807) is 0 Å². The average Bonchev–Trinajstić information content (AvgIpc) is 2.08. The molecule has 0 aromatic carbocycles. The molecule has 2 heterocycles. The molecule has 0 saturated carbocycles. The Morgan fingerprint density at radius 2 is 1.83 bits per heavy atom. The molecule has 2 rings (SSSR count). The van der Waals surface area contributed by atoms with Gasteiger partial charge in [0, 0.05) is 18.6 Å². The summed E-state index contributed by atoms with van der Waals surface area (Å²) in [5, 5.41) is 3.62. The smallest absolute Gasteiger partial charge is 0.0437 e. The van der Waals surface area contributed by atoms with Crippen LogP contribution in [0.25, 0.3) is 0 Å². The normalized spacial score (nSPS) is 27.2. The minimum Gasteiger partial charge on any atom is -0.309 e. The fourth-order valence-electron chi connectivity index (χ4n) is 2.29. The molecule has 0 amide bonds. The van der Waals surface area contributed by atoms with Crippen molar-refractivity contribution in [3.8, 4) is 0 Å². The van der Waals surface area contributed by atoms with E-state index in [-0.39, 0.29) is 0 Å². The molecule has 0 aliphatic carbocycles. The Labute approximate surface area is 76.3 Å². The van der Waals surface area contributed by atoms with Crippen molar-refractivity contribution in [1.29, 1.82) is 0 Å². The van der Waals surface area contributed by atoms with Gasteiger partial charge in [-0.15, -0.1) is 0 Å². The number of hydrogen-bond acceptors (Lipinski definition) is 2. The summed E-state index contributed by atoms with van der Waals surface area (Å²) in [6.07, 6.45) is 4.21. The minimum absolute atomic E-state index is 0.549. The number of rotatable bonds is 0. The fourth-order valence-corrected chi connectivity index (χ4v) is 2.29. The Morgan fingerprint density at radius 3 is 2.25 bits per heavy atom. The molecule has 0 aromatic heterocycles. The highest BCUT2D eigenvalue weighted by molar-refractivity contribution is 5.02. The molecule has 2 saturated heterocycles.